The molecule has 2 aromatic rings. The number of rotatable bonds is 8. The van der Waals surface area contributed by atoms with E-state index in [9.17, 15) is 9.90 Å². The zero-order chi connectivity index (χ0) is 28.7. The van der Waals surface area contributed by atoms with E-state index in [1.807, 2.05) is 0 Å². The van der Waals surface area contributed by atoms with Crippen LogP contribution in [0.15, 0.2) is 71.9 Å². The highest BCUT2D eigenvalue weighted by Gasteiger charge is 2.69. The molecule has 3 fully saturated rings. The van der Waals surface area contributed by atoms with Crippen molar-refractivity contribution in [3.05, 3.63) is 83.1 Å². The summed E-state index contributed by atoms with van der Waals surface area (Å²) in [5.41, 5.74) is 5.13. The first-order valence-corrected chi connectivity index (χ1v) is 19.2. The molecule has 3 saturated carbocycles. The van der Waals surface area contributed by atoms with Gasteiger partial charge in [0.15, 0.2) is 0 Å². The Morgan fingerprint density at radius 3 is 1.98 bits per heavy atom. The minimum Gasteiger partial charge on any atom is -0.458 e. The van der Waals surface area contributed by atoms with E-state index >= 15 is 0 Å². The van der Waals surface area contributed by atoms with Crippen LogP contribution in [-0.2, 0) is 9.53 Å². The minimum absolute atomic E-state index is 0.0368. The monoisotopic (exact) mass is 558 g/mol. The van der Waals surface area contributed by atoms with Gasteiger partial charge >= 0.3 is 5.97 Å². The van der Waals surface area contributed by atoms with Crippen molar-refractivity contribution in [2.24, 2.45) is 28.6 Å². The smallest absolute Gasteiger partial charge is 0.336 e. The molecule has 5 unspecified atom stereocenters. The van der Waals surface area contributed by atoms with E-state index in [4.69, 9.17) is 4.74 Å². The number of esters is 1. The Hall–Kier alpha value is -2.17. The lowest BCUT2D eigenvalue weighted by Crippen LogP contribution is -2.44. The standard InChI is InChI=1S/C36H50O3Si/c1-35(2)29-22-23-36(35,3)33(31(29)30(25-16-10-7-11-17-25)26-18-12-8-13-19-26)39-34(38)28(24-40(4,5)6)32(37)27-20-14-9-15-21-27/h7-8,10-13,16-19,24,27,29-33,37H,9,14-15,20-23H2,1-6H3/b28-24-. The van der Waals surface area contributed by atoms with Crippen molar-refractivity contribution in [2.75, 3.05) is 0 Å². The predicted octanol–water partition coefficient (Wildman–Crippen LogP) is 8.55. The Morgan fingerprint density at radius 2 is 1.45 bits per heavy atom. The number of carbonyl (C=O) groups is 1. The Kier molecular flexibility index (Phi) is 8.25. The van der Waals surface area contributed by atoms with Gasteiger partial charge in [-0.1, -0.05) is 126 Å². The van der Waals surface area contributed by atoms with E-state index in [-0.39, 0.29) is 40.7 Å². The summed E-state index contributed by atoms with van der Waals surface area (Å²) < 4.78 is 6.80. The van der Waals surface area contributed by atoms with Crippen molar-refractivity contribution >= 4 is 14.0 Å². The highest BCUT2D eigenvalue weighted by Crippen LogP contribution is 2.71. The first-order chi connectivity index (χ1) is 18.9. The van der Waals surface area contributed by atoms with Gasteiger partial charge < -0.3 is 9.84 Å². The van der Waals surface area contributed by atoms with Crippen molar-refractivity contribution in [1.82, 2.24) is 0 Å². The van der Waals surface area contributed by atoms with Crippen molar-refractivity contribution in [2.45, 2.75) is 103 Å². The van der Waals surface area contributed by atoms with E-state index in [1.165, 1.54) is 17.5 Å². The van der Waals surface area contributed by atoms with Crippen molar-refractivity contribution in [1.29, 1.82) is 0 Å². The second-order valence-electron chi connectivity index (χ2n) is 14.8. The molecule has 0 radical (unpaired) electrons. The number of aliphatic hydroxyl groups excluding tert-OH is 1. The molecular formula is C36H50O3Si. The van der Waals surface area contributed by atoms with Crippen molar-refractivity contribution in [3.63, 3.8) is 0 Å². The van der Waals surface area contributed by atoms with Crippen LogP contribution in [0.4, 0.5) is 0 Å². The Balaban J connectivity index is 1.56. The van der Waals surface area contributed by atoms with Crippen LogP contribution in [0.2, 0.25) is 19.6 Å². The largest absolute Gasteiger partial charge is 0.458 e. The van der Waals surface area contributed by atoms with E-state index in [0.717, 1.165) is 38.5 Å². The number of aliphatic hydroxyl groups is 1. The predicted molar refractivity (Wildman–Crippen MR) is 167 cm³/mol. The van der Waals surface area contributed by atoms with Gasteiger partial charge in [-0.2, -0.15) is 0 Å². The molecule has 5 atom stereocenters. The maximum absolute atomic E-state index is 14.3. The number of hydrogen-bond donors (Lipinski definition) is 1. The zero-order valence-electron chi connectivity index (χ0n) is 25.5. The molecule has 3 aliphatic carbocycles. The Morgan fingerprint density at radius 1 is 0.900 bits per heavy atom. The van der Waals surface area contributed by atoms with Crippen LogP contribution in [0.1, 0.15) is 82.8 Å². The van der Waals surface area contributed by atoms with Gasteiger partial charge in [-0.15, -0.1) is 0 Å². The fraction of sp³-hybridized carbons (Fsp3) is 0.583. The number of carbonyl (C=O) groups excluding carboxylic acids is 1. The summed E-state index contributed by atoms with van der Waals surface area (Å²) in [6.45, 7) is 13.9. The second-order valence-corrected chi connectivity index (χ2v) is 19.8. The summed E-state index contributed by atoms with van der Waals surface area (Å²) in [7, 11) is -1.80. The quantitative estimate of drug-likeness (QED) is 0.201. The minimum atomic E-state index is -1.80. The number of fused-ring (bicyclic) bond motifs is 2. The van der Waals surface area contributed by atoms with Gasteiger partial charge in [0.25, 0.3) is 0 Å². The highest BCUT2D eigenvalue weighted by molar-refractivity contribution is 6.81. The number of ether oxygens (including phenoxy) is 1. The number of hydrogen-bond acceptors (Lipinski definition) is 3. The molecular weight excluding hydrogens is 508 g/mol. The van der Waals surface area contributed by atoms with Gasteiger partial charge in [-0.25, -0.2) is 4.79 Å². The van der Waals surface area contributed by atoms with Crippen molar-refractivity contribution in [3.8, 4) is 0 Å². The molecule has 0 aliphatic heterocycles. The van der Waals surface area contributed by atoms with E-state index in [0.29, 0.717) is 11.5 Å². The third-order valence-corrected chi connectivity index (χ3v) is 12.2. The van der Waals surface area contributed by atoms with Crippen LogP contribution in [-0.4, -0.2) is 31.4 Å². The molecule has 216 valence electrons. The van der Waals surface area contributed by atoms with Gasteiger partial charge in [0.1, 0.15) is 6.10 Å². The van der Waals surface area contributed by atoms with Crippen LogP contribution < -0.4 is 0 Å². The Bertz CT molecular complexity index is 1150. The molecule has 0 aromatic heterocycles. The maximum Gasteiger partial charge on any atom is 0.336 e. The highest BCUT2D eigenvalue weighted by atomic mass is 28.3. The summed E-state index contributed by atoms with van der Waals surface area (Å²) in [6.07, 6.45) is 6.71. The lowest BCUT2D eigenvalue weighted by molar-refractivity contribution is -0.157. The molecule has 4 heteroatoms. The van der Waals surface area contributed by atoms with E-state index in [1.54, 1.807) is 0 Å². The molecule has 2 bridgehead atoms. The zero-order valence-corrected chi connectivity index (χ0v) is 26.5. The number of benzene rings is 2. The molecule has 40 heavy (non-hydrogen) atoms. The average Bonchev–Trinajstić information content (AvgIpc) is 3.26. The van der Waals surface area contributed by atoms with Gasteiger partial charge in [-0.3, -0.25) is 0 Å². The third kappa shape index (κ3) is 5.39. The summed E-state index contributed by atoms with van der Waals surface area (Å²) in [6, 6.07) is 21.6. The van der Waals surface area contributed by atoms with Crippen molar-refractivity contribution < 1.29 is 14.6 Å². The van der Waals surface area contributed by atoms with Gasteiger partial charge in [-0.05, 0) is 54.1 Å². The fourth-order valence-corrected chi connectivity index (χ4v) is 9.79. The molecule has 0 spiro atoms. The molecule has 3 nitrogen and oxygen atoms in total. The fourth-order valence-electron chi connectivity index (χ4n) is 8.57. The van der Waals surface area contributed by atoms with E-state index < -0.39 is 14.2 Å². The normalized spacial score (nSPS) is 29.5. The summed E-state index contributed by atoms with van der Waals surface area (Å²) >= 11 is 0. The third-order valence-electron chi connectivity index (χ3n) is 11.0. The summed E-state index contributed by atoms with van der Waals surface area (Å²) in [4.78, 5) is 14.3. The molecule has 0 amide bonds. The SMILES string of the molecule is CC1(C)C2CCC1(C)C(OC(=O)/C(=C\[Si](C)(C)C)C(O)C1CCCCC1)C2C(c1ccccc1)c1ccccc1. The van der Waals surface area contributed by atoms with Crippen LogP contribution in [0, 0.1) is 28.6 Å². The summed E-state index contributed by atoms with van der Waals surface area (Å²) in [5, 5.41) is 11.6. The molecule has 1 N–H and O–H groups in total. The molecule has 0 saturated heterocycles. The molecule has 0 heterocycles. The lowest BCUT2D eigenvalue weighted by atomic mass is 9.68. The van der Waals surface area contributed by atoms with Crippen LogP contribution in [0.25, 0.3) is 0 Å². The summed E-state index contributed by atoms with van der Waals surface area (Å²) in [5.74, 6) is 0.614. The average molecular weight is 559 g/mol. The molecule has 2 aromatic carbocycles. The van der Waals surface area contributed by atoms with Gasteiger partial charge in [0.2, 0.25) is 0 Å². The molecule has 5 rings (SSSR count). The van der Waals surface area contributed by atoms with Gasteiger partial charge in [0, 0.05) is 17.3 Å². The van der Waals surface area contributed by atoms with Crippen LogP contribution in [0.5, 0.6) is 0 Å². The second kappa shape index (κ2) is 11.2. The first-order valence-electron chi connectivity index (χ1n) is 15.7. The van der Waals surface area contributed by atoms with Gasteiger partial charge in [0.05, 0.1) is 19.8 Å². The Labute approximate surface area is 243 Å². The maximum atomic E-state index is 14.3. The van der Waals surface area contributed by atoms with Crippen LogP contribution in [0.3, 0.4) is 0 Å². The first kappa shape index (κ1) is 29.3. The van der Waals surface area contributed by atoms with Crippen LogP contribution >= 0.6 is 0 Å². The van der Waals surface area contributed by atoms with E-state index in [2.05, 4.69) is 107 Å². The molecule has 3 aliphatic rings. The lowest BCUT2D eigenvalue weighted by Gasteiger charge is -2.42. The topological polar surface area (TPSA) is 46.5 Å².